The van der Waals surface area contributed by atoms with Crippen molar-refractivity contribution < 1.29 is 33.7 Å². The molecule has 5 rings (SSSR count). The monoisotopic (exact) mass is 605 g/mol. The fraction of sp³-hybridized carbons (Fsp3) is 0.364. The van der Waals surface area contributed by atoms with E-state index in [9.17, 15) is 24.3 Å². The highest BCUT2D eigenvalue weighted by Crippen LogP contribution is 2.40. The minimum Gasteiger partial charge on any atom is -0.543 e. The number of amides is 3. The van der Waals surface area contributed by atoms with E-state index in [2.05, 4.69) is 25.1 Å². The number of hydrogen-bond donors (Lipinski definition) is 3. The number of carboxylic acid groups (broad SMARTS) is 1. The summed E-state index contributed by atoms with van der Waals surface area (Å²) in [6.45, 7) is 3.82. The highest BCUT2D eigenvalue weighted by Gasteiger charge is 2.53. The average molecular weight is 606 g/mol. The summed E-state index contributed by atoms with van der Waals surface area (Å²) in [5.74, 6) is -1.92. The largest absolute Gasteiger partial charge is 0.543 e. The molecule has 3 atom stereocenters. The average Bonchev–Trinajstić information content (AvgIpc) is 3.63. The number of nitrogens with one attached hydrogen (secondary N) is 2. The molecule has 40 heavy (non-hydrogen) atoms. The summed E-state index contributed by atoms with van der Waals surface area (Å²) in [5, 5.41) is 22.7. The number of thiazole rings is 1. The van der Waals surface area contributed by atoms with Crippen LogP contribution in [0.15, 0.2) is 34.2 Å². The second kappa shape index (κ2) is 11.2. The third-order valence-electron chi connectivity index (χ3n) is 6.19. The fourth-order valence-electron chi connectivity index (χ4n) is 4.52. The van der Waals surface area contributed by atoms with Crippen LogP contribution < -0.4 is 26.0 Å². The van der Waals surface area contributed by atoms with Crippen LogP contribution in [-0.2, 0) is 30.6 Å². The van der Waals surface area contributed by atoms with Crippen LogP contribution >= 0.6 is 34.6 Å². The maximum atomic E-state index is 13.2. The first kappa shape index (κ1) is 27.5. The van der Waals surface area contributed by atoms with E-state index >= 15 is 0 Å². The van der Waals surface area contributed by atoms with Crippen molar-refractivity contribution in [1.29, 1.82) is 0 Å². The van der Waals surface area contributed by atoms with Gasteiger partial charge >= 0.3 is 0 Å². The van der Waals surface area contributed by atoms with Gasteiger partial charge in [-0.2, -0.15) is 13.8 Å². The van der Waals surface area contributed by atoms with E-state index < -0.39 is 29.2 Å². The lowest BCUT2D eigenvalue weighted by Crippen LogP contribution is -2.71. The SMILES string of the molecule is CCO/N=C(\C(=O)N[C@@H]1C(=O)N2C(C(=O)[O-])=C(C[n+]3cc4sccn4c3[C@H](C)NC=O)CS[C@H]12)c1nsc(N)n1. The molecule has 0 bridgehead atoms. The molecule has 0 aliphatic carbocycles. The Hall–Kier alpha value is -4.03. The van der Waals surface area contributed by atoms with Gasteiger partial charge in [0.25, 0.3) is 17.6 Å². The van der Waals surface area contributed by atoms with Crippen molar-refractivity contribution in [3.05, 3.63) is 40.7 Å². The second-order valence-corrected chi connectivity index (χ2v) is 11.5. The Balaban J connectivity index is 1.39. The number of oxime groups is 1. The predicted molar refractivity (Wildman–Crippen MR) is 143 cm³/mol. The van der Waals surface area contributed by atoms with Gasteiger partial charge in [-0.1, -0.05) is 16.5 Å². The summed E-state index contributed by atoms with van der Waals surface area (Å²) >= 11 is 3.67. The zero-order valence-electron chi connectivity index (χ0n) is 21.1. The minimum atomic E-state index is -1.50. The first-order chi connectivity index (χ1) is 19.2. The number of fused-ring (bicyclic) bond motifs is 2. The number of anilines is 1. The van der Waals surface area contributed by atoms with Crippen molar-refractivity contribution >= 4 is 74.5 Å². The molecule has 15 nitrogen and oxygen atoms in total. The number of nitrogen functional groups attached to an aromatic ring is 1. The molecule has 0 saturated carbocycles. The van der Waals surface area contributed by atoms with Crippen LogP contribution in [0.4, 0.5) is 5.13 Å². The van der Waals surface area contributed by atoms with Crippen molar-refractivity contribution in [2.45, 2.75) is 37.8 Å². The van der Waals surface area contributed by atoms with E-state index in [0.717, 1.165) is 27.1 Å². The van der Waals surface area contributed by atoms with Gasteiger partial charge < -0.3 is 31.1 Å². The molecule has 0 aromatic carbocycles. The van der Waals surface area contributed by atoms with Crippen molar-refractivity contribution in [3.63, 3.8) is 0 Å². The van der Waals surface area contributed by atoms with Crippen LogP contribution in [0.2, 0.25) is 0 Å². The highest BCUT2D eigenvalue weighted by molar-refractivity contribution is 8.00. The van der Waals surface area contributed by atoms with Crippen LogP contribution in [0.3, 0.4) is 0 Å². The Morgan fingerprint density at radius 1 is 1.45 bits per heavy atom. The quantitative estimate of drug-likeness (QED) is 0.0750. The lowest BCUT2D eigenvalue weighted by molar-refractivity contribution is -0.696. The van der Waals surface area contributed by atoms with Gasteiger partial charge in [-0.05, 0) is 13.8 Å². The number of aliphatic carboxylic acids is 1. The predicted octanol–water partition coefficient (Wildman–Crippen LogP) is -1.63. The van der Waals surface area contributed by atoms with Crippen LogP contribution in [0.1, 0.15) is 31.5 Å². The molecule has 1 saturated heterocycles. The highest BCUT2D eigenvalue weighted by atomic mass is 32.2. The Kier molecular flexibility index (Phi) is 7.72. The van der Waals surface area contributed by atoms with Crippen LogP contribution in [-0.4, -0.2) is 72.3 Å². The molecule has 18 heteroatoms. The zero-order chi connectivity index (χ0) is 28.6. The number of imidazole rings is 1. The molecule has 3 amide bonds. The van der Waals surface area contributed by atoms with Crippen LogP contribution in [0.25, 0.3) is 4.83 Å². The van der Waals surface area contributed by atoms with Crippen molar-refractivity contribution in [2.24, 2.45) is 5.16 Å². The van der Waals surface area contributed by atoms with Crippen LogP contribution in [0.5, 0.6) is 0 Å². The first-order valence-electron chi connectivity index (χ1n) is 11.9. The van der Waals surface area contributed by atoms with Gasteiger partial charge in [-0.25, -0.2) is 4.57 Å². The van der Waals surface area contributed by atoms with Crippen molar-refractivity contribution in [2.75, 3.05) is 18.1 Å². The summed E-state index contributed by atoms with van der Waals surface area (Å²) in [5.41, 5.74) is 5.60. The van der Waals surface area contributed by atoms with E-state index in [4.69, 9.17) is 10.6 Å². The van der Waals surface area contributed by atoms with E-state index in [1.54, 1.807) is 6.92 Å². The molecule has 0 spiro atoms. The third kappa shape index (κ3) is 4.88. The zero-order valence-corrected chi connectivity index (χ0v) is 23.5. The van der Waals surface area contributed by atoms with E-state index in [1.165, 1.54) is 23.1 Å². The molecule has 3 aromatic rings. The maximum absolute atomic E-state index is 13.2. The Morgan fingerprint density at radius 2 is 2.25 bits per heavy atom. The third-order valence-corrected chi connectivity index (χ3v) is 8.87. The molecule has 3 aromatic heterocycles. The fourth-order valence-corrected chi connectivity index (χ4v) is 7.07. The summed E-state index contributed by atoms with van der Waals surface area (Å²) in [4.78, 5) is 60.6. The van der Waals surface area contributed by atoms with Crippen LogP contribution in [0, 0.1) is 0 Å². The number of nitrogens with zero attached hydrogens (tertiary/aromatic N) is 6. The van der Waals surface area contributed by atoms with Crippen molar-refractivity contribution in [1.82, 2.24) is 29.3 Å². The van der Waals surface area contributed by atoms with Gasteiger partial charge in [0.05, 0.1) is 11.7 Å². The first-order valence-corrected chi connectivity index (χ1v) is 14.6. The molecule has 0 radical (unpaired) electrons. The molecular formula is C22H23N9O6S3. The standard InChI is InChI=1S/C22H23N9O6S3/c1-3-37-27-13(16-26-22(23)40-28-16)17(33)25-14-19(34)31-15(21(35)36)11(8-39-20(14)31)6-29-7-12-30(4-5-38-12)18(29)10(2)24-9-32/h4-5,7,9-10,14,20H,3,6,8H2,1-2H3,(H4-,23,24,25,26,28,32,33,35,36)/b27-13-/t10-,14+,20+/m0/s1. The Labute approximate surface area is 238 Å². The normalized spacial score (nSPS) is 19.7. The number of carbonyl (C=O) groups is 4. The van der Waals surface area contributed by atoms with Gasteiger partial charge in [-0.15, -0.1) is 11.8 Å². The molecule has 4 N–H and O–H groups in total. The number of thioether (sulfide) groups is 1. The summed E-state index contributed by atoms with van der Waals surface area (Å²) in [7, 11) is 0. The number of nitrogens with two attached hydrogens (primary N) is 1. The summed E-state index contributed by atoms with van der Waals surface area (Å²) < 4.78 is 7.74. The minimum absolute atomic E-state index is 0.0513. The lowest BCUT2D eigenvalue weighted by atomic mass is 10.0. The molecule has 2 aliphatic heterocycles. The number of rotatable bonds is 11. The maximum Gasteiger partial charge on any atom is 0.285 e. The molecule has 5 heterocycles. The Morgan fingerprint density at radius 3 is 2.92 bits per heavy atom. The number of β-lactam (4-membered cyclic amide) rings is 1. The molecule has 2 aliphatic rings. The lowest BCUT2D eigenvalue weighted by Gasteiger charge is -2.50. The molecule has 210 valence electrons. The summed E-state index contributed by atoms with van der Waals surface area (Å²) in [6, 6.07) is -1.39. The van der Waals surface area contributed by atoms with Gasteiger partial charge in [0, 0.05) is 28.2 Å². The van der Waals surface area contributed by atoms with E-state index in [-0.39, 0.29) is 47.3 Å². The van der Waals surface area contributed by atoms with Crippen molar-refractivity contribution in [3.8, 4) is 0 Å². The topological polar surface area (TPSA) is 200 Å². The molecule has 0 unspecified atom stereocenters. The van der Waals surface area contributed by atoms with E-state index in [1.807, 2.05) is 33.7 Å². The van der Waals surface area contributed by atoms with E-state index in [0.29, 0.717) is 12.0 Å². The smallest absolute Gasteiger partial charge is 0.285 e. The summed E-state index contributed by atoms with van der Waals surface area (Å²) in [6.07, 6.45) is 4.32. The van der Waals surface area contributed by atoms with Gasteiger partial charge in [0.2, 0.25) is 22.8 Å². The number of aromatic nitrogens is 4. The molecular weight excluding hydrogens is 583 g/mol. The van der Waals surface area contributed by atoms with Gasteiger partial charge in [0.1, 0.15) is 43.0 Å². The van der Waals surface area contributed by atoms with Gasteiger partial charge in [-0.3, -0.25) is 19.3 Å². The second-order valence-electron chi connectivity index (χ2n) is 8.65. The number of carboxylic acids is 1. The van der Waals surface area contributed by atoms with Gasteiger partial charge in [0.15, 0.2) is 5.13 Å². The molecule has 1 fully saturated rings. The Bertz CT molecular complexity index is 1560. The number of carbonyl (C=O) groups excluding carboxylic acids is 4. The number of hydrogen-bond acceptors (Lipinski definition) is 13.